The van der Waals surface area contributed by atoms with Crippen molar-refractivity contribution in [1.82, 2.24) is 5.32 Å². The molecule has 0 saturated carbocycles. The first kappa shape index (κ1) is 16.3. The standard InChI is InChI=1S/C14H18ClNO4S/c1-10-7-9-20-13(10)14(17)16-8-6-11-2-4-12(5-3-11)21(15,18)19/h2-5,10,13H,6-9H2,1H3,(H,16,17). The van der Waals surface area contributed by atoms with E-state index in [1.807, 2.05) is 6.92 Å². The van der Waals surface area contributed by atoms with E-state index in [4.69, 9.17) is 15.4 Å². The molecule has 0 aromatic heterocycles. The summed E-state index contributed by atoms with van der Waals surface area (Å²) in [4.78, 5) is 12.0. The number of amides is 1. The van der Waals surface area contributed by atoms with Gasteiger partial charge in [-0.25, -0.2) is 8.42 Å². The van der Waals surface area contributed by atoms with Crippen molar-refractivity contribution in [3.05, 3.63) is 29.8 Å². The summed E-state index contributed by atoms with van der Waals surface area (Å²) in [7, 11) is 1.56. The number of halogens is 1. The second kappa shape index (κ2) is 6.77. The fraction of sp³-hybridized carbons (Fsp3) is 0.500. The van der Waals surface area contributed by atoms with Gasteiger partial charge in [-0.15, -0.1) is 0 Å². The lowest BCUT2D eigenvalue weighted by Crippen LogP contribution is -2.38. The molecule has 0 bridgehead atoms. The van der Waals surface area contributed by atoms with E-state index in [0.29, 0.717) is 19.6 Å². The molecule has 1 amide bonds. The first-order valence-corrected chi connectivity index (χ1v) is 9.12. The van der Waals surface area contributed by atoms with Crippen molar-refractivity contribution in [1.29, 1.82) is 0 Å². The van der Waals surface area contributed by atoms with Crippen LogP contribution in [0, 0.1) is 5.92 Å². The topological polar surface area (TPSA) is 72.5 Å². The smallest absolute Gasteiger partial charge is 0.261 e. The highest BCUT2D eigenvalue weighted by atomic mass is 35.7. The van der Waals surface area contributed by atoms with E-state index in [0.717, 1.165) is 12.0 Å². The van der Waals surface area contributed by atoms with Crippen LogP contribution in [0.1, 0.15) is 18.9 Å². The molecule has 0 spiro atoms. The van der Waals surface area contributed by atoms with Gasteiger partial charge in [-0.1, -0.05) is 19.1 Å². The Hall–Kier alpha value is -1.11. The van der Waals surface area contributed by atoms with Crippen LogP contribution in [-0.2, 0) is 25.0 Å². The Balaban J connectivity index is 1.82. The van der Waals surface area contributed by atoms with Crippen LogP contribution in [-0.4, -0.2) is 33.6 Å². The maximum absolute atomic E-state index is 11.9. The predicted molar refractivity (Wildman–Crippen MR) is 79.7 cm³/mol. The minimum absolute atomic E-state index is 0.0742. The third-order valence-corrected chi connectivity index (χ3v) is 4.93. The van der Waals surface area contributed by atoms with Crippen molar-refractivity contribution in [2.45, 2.75) is 30.8 Å². The van der Waals surface area contributed by atoms with Gasteiger partial charge in [0.1, 0.15) is 6.10 Å². The second-order valence-corrected chi connectivity index (χ2v) is 7.75. The van der Waals surface area contributed by atoms with Crippen molar-refractivity contribution in [2.24, 2.45) is 5.92 Å². The normalized spacial score (nSPS) is 22.2. The number of benzene rings is 1. The van der Waals surface area contributed by atoms with Gasteiger partial charge < -0.3 is 10.1 Å². The summed E-state index contributed by atoms with van der Waals surface area (Å²) >= 11 is 0. The summed E-state index contributed by atoms with van der Waals surface area (Å²) < 4.78 is 27.6. The molecule has 116 valence electrons. The zero-order valence-electron chi connectivity index (χ0n) is 11.7. The molecule has 1 aliphatic heterocycles. The molecule has 5 nitrogen and oxygen atoms in total. The molecule has 1 fully saturated rings. The van der Waals surface area contributed by atoms with E-state index in [2.05, 4.69) is 5.32 Å². The molecule has 1 heterocycles. The van der Waals surface area contributed by atoms with E-state index in [9.17, 15) is 13.2 Å². The van der Waals surface area contributed by atoms with Gasteiger partial charge in [-0.05, 0) is 36.5 Å². The maximum atomic E-state index is 11.9. The zero-order chi connectivity index (χ0) is 15.5. The van der Waals surface area contributed by atoms with Gasteiger partial charge in [0.2, 0.25) is 5.91 Å². The number of nitrogens with one attached hydrogen (secondary N) is 1. The van der Waals surface area contributed by atoms with Crippen LogP contribution in [0.25, 0.3) is 0 Å². The van der Waals surface area contributed by atoms with Crippen molar-refractivity contribution < 1.29 is 17.9 Å². The van der Waals surface area contributed by atoms with Gasteiger partial charge in [0, 0.05) is 23.8 Å². The highest BCUT2D eigenvalue weighted by molar-refractivity contribution is 8.13. The number of carbonyl (C=O) groups excluding carboxylic acids is 1. The minimum Gasteiger partial charge on any atom is -0.368 e. The van der Waals surface area contributed by atoms with Crippen molar-refractivity contribution >= 4 is 25.6 Å². The fourth-order valence-electron chi connectivity index (χ4n) is 2.28. The molecule has 1 aromatic carbocycles. The summed E-state index contributed by atoms with van der Waals surface area (Å²) in [6.45, 7) is 3.12. The summed E-state index contributed by atoms with van der Waals surface area (Å²) in [5.74, 6) is 0.165. The van der Waals surface area contributed by atoms with Crippen molar-refractivity contribution in [3.8, 4) is 0 Å². The fourth-order valence-corrected chi connectivity index (χ4v) is 3.05. The molecular weight excluding hydrogens is 314 g/mol. The molecule has 21 heavy (non-hydrogen) atoms. The van der Waals surface area contributed by atoms with Crippen LogP contribution < -0.4 is 5.32 Å². The van der Waals surface area contributed by atoms with Crippen molar-refractivity contribution in [2.75, 3.05) is 13.2 Å². The van der Waals surface area contributed by atoms with E-state index in [-0.39, 0.29) is 22.8 Å². The molecular formula is C14H18ClNO4S. The SMILES string of the molecule is CC1CCOC1C(=O)NCCc1ccc(S(=O)(=O)Cl)cc1. The van der Waals surface area contributed by atoms with Gasteiger partial charge in [0.25, 0.3) is 9.05 Å². The Kier molecular flexibility index (Phi) is 5.24. The first-order valence-electron chi connectivity index (χ1n) is 6.81. The van der Waals surface area contributed by atoms with Crippen LogP contribution in [0.15, 0.2) is 29.2 Å². The van der Waals surface area contributed by atoms with Crippen molar-refractivity contribution in [3.63, 3.8) is 0 Å². The average molecular weight is 332 g/mol. The molecule has 1 aromatic rings. The molecule has 1 aliphatic rings. The Morgan fingerprint density at radius 1 is 1.38 bits per heavy atom. The monoisotopic (exact) mass is 331 g/mol. The van der Waals surface area contributed by atoms with Gasteiger partial charge in [-0.2, -0.15) is 0 Å². The molecule has 0 aliphatic carbocycles. The molecule has 1 saturated heterocycles. The largest absolute Gasteiger partial charge is 0.368 e. The maximum Gasteiger partial charge on any atom is 0.261 e. The molecule has 1 N–H and O–H groups in total. The number of hydrogen-bond donors (Lipinski definition) is 1. The van der Waals surface area contributed by atoms with Crippen LogP contribution in [0.5, 0.6) is 0 Å². The summed E-state index contributed by atoms with van der Waals surface area (Å²) in [5, 5.41) is 2.84. The van der Waals surface area contributed by atoms with E-state index >= 15 is 0 Å². The quantitative estimate of drug-likeness (QED) is 0.833. The predicted octanol–water partition coefficient (Wildman–Crippen LogP) is 1.70. The number of carbonyl (C=O) groups is 1. The zero-order valence-corrected chi connectivity index (χ0v) is 13.3. The Morgan fingerprint density at radius 2 is 2.05 bits per heavy atom. The van der Waals surface area contributed by atoms with E-state index in [1.165, 1.54) is 12.1 Å². The van der Waals surface area contributed by atoms with Crippen LogP contribution >= 0.6 is 10.7 Å². The lowest BCUT2D eigenvalue weighted by Gasteiger charge is -2.14. The van der Waals surface area contributed by atoms with E-state index in [1.54, 1.807) is 12.1 Å². The third kappa shape index (κ3) is 4.43. The number of hydrogen-bond acceptors (Lipinski definition) is 4. The Bertz CT molecular complexity index is 600. The average Bonchev–Trinajstić information content (AvgIpc) is 2.84. The third-order valence-electron chi connectivity index (χ3n) is 3.56. The Labute approximate surface area is 129 Å². The van der Waals surface area contributed by atoms with Gasteiger partial charge in [-0.3, -0.25) is 4.79 Å². The number of ether oxygens (including phenoxy) is 1. The molecule has 2 unspecified atom stereocenters. The first-order chi connectivity index (χ1) is 9.88. The van der Waals surface area contributed by atoms with Gasteiger partial charge in [0.05, 0.1) is 4.90 Å². The minimum atomic E-state index is -3.68. The van der Waals surface area contributed by atoms with Gasteiger partial charge in [0.15, 0.2) is 0 Å². The van der Waals surface area contributed by atoms with Crippen LogP contribution in [0.4, 0.5) is 0 Å². The van der Waals surface area contributed by atoms with Crippen LogP contribution in [0.2, 0.25) is 0 Å². The lowest BCUT2D eigenvalue weighted by molar-refractivity contribution is -0.131. The lowest BCUT2D eigenvalue weighted by atomic mass is 10.0. The second-order valence-electron chi connectivity index (χ2n) is 5.18. The summed E-state index contributed by atoms with van der Waals surface area (Å²) in [6.07, 6.45) is 1.18. The highest BCUT2D eigenvalue weighted by Gasteiger charge is 2.30. The van der Waals surface area contributed by atoms with E-state index < -0.39 is 9.05 Å². The highest BCUT2D eigenvalue weighted by Crippen LogP contribution is 2.20. The molecule has 2 rings (SSSR count). The Morgan fingerprint density at radius 3 is 2.57 bits per heavy atom. The molecule has 0 radical (unpaired) electrons. The van der Waals surface area contributed by atoms with Crippen LogP contribution in [0.3, 0.4) is 0 Å². The molecule has 2 atom stereocenters. The summed E-state index contributed by atoms with van der Waals surface area (Å²) in [5.41, 5.74) is 0.930. The summed E-state index contributed by atoms with van der Waals surface area (Å²) in [6, 6.07) is 6.30. The van der Waals surface area contributed by atoms with Gasteiger partial charge >= 0.3 is 0 Å². The number of rotatable bonds is 5. The molecule has 7 heteroatoms.